The first-order valence-corrected chi connectivity index (χ1v) is 4.36. The number of halogens is 1. The number of hydrogen-bond donors (Lipinski definition) is 0. The third-order valence-corrected chi connectivity index (χ3v) is 2.46. The molecule has 1 aliphatic carbocycles. The van der Waals surface area contributed by atoms with E-state index in [9.17, 15) is 4.79 Å². The fourth-order valence-corrected chi connectivity index (χ4v) is 1.85. The lowest BCUT2D eigenvalue weighted by molar-refractivity contribution is 0.0994. The van der Waals surface area contributed by atoms with Crippen LogP contribution in [0, 0.1) is 11.3 Å². The molecule has 2 nitrogen and oxygen atoms in total. The summed E-state index contributed by atoms with van der Waals surface area (Å²) in [6.45, 7) is 0. The van der Waals surface area contributed by atoms with E-state index in [4.69, 9.17) is 16.9 Å². The lowest BCUT2D eigenvalue weighted by Crippen LogP contribution is -1.92. The molecule has 3 heteroatoms. The van der Waals surface area contributed by atoms with E-state index in [2.05, 4.69) is 6.07 Å². The fourth-order valence-electron chi connectivity index (χ4n) is 1.63. The Labute approximate surface area is 80.7 Å². The normalized spacial score (nSPS) is 14.0. The third-order valence-electron chi connectivity index (χ3n) is 2.24. The summed E-state index contributed by atoms with van der Waals surface area (Å²) in [6, 6.07) is 5.31. The number of benzene rings is 1. The molecule has 0 amide bonds. The Hall–Kier alpha value is -1.33. The molecule has 0 bridgehead atoms. The zero-order valence-electron chi connectivity index (χ0n) is 6.80. The summed E-state index contributed by atoms with van der Waals surface area (Å²) in [6.07, 6.45) is 1.18. The lowest BCUT2D eigenvalue weighted by Gasteiger charge is -2.00. The van der Waals surface area contributed by atoms with Crippen molar-refractivity contribution in [2.45, 2.75) is 12.8 Å². The standard InChI is InChI=1S/C10H6ClNO/c11-7-3-6(5-12)8-1-2-10(13)9(8)4-7/h3-4H,1-2H2. The van der Waals surface area contributed by atoms with Crippen LogP contribution in [0.2, 0.25) is 5.02 Å². The molecular formula is C10H6ClNO. The number of carbonyl (C=O) groups excluding carboxylic acids is 1. The van der Waals surface area contributed by atoms with Gasteiger partial charge in [0.25, 0.3) is 0 Å². The molecule has 0 unspecified atom stereocenters. The first-order chi connectivity index (χ1) is 6.22. The average molecular weight is 192 g/mol. The minimum atomic E-state index is 0.0917. The van der Waals surface area contributed by atoms with Crippen molar-refractivity contribution in [2.75, 3.05) is 0 Å². The Morgan fingerprint density at radius 3 is 2.85 bits per heavy atom. The number of Topliss-reactive ketones (excluding diaryl/α,β-unsaturated/α-hetero) is 1. The molecule has 1 aromatic carbocycles. The number of nitriles is 1. The van der Waals surface area contributed by atoms with Gasteiger partial charge in [0, 0.05) is 17.0 Å². The van der Waals surface area contributed by atoms with Gasteiger partial charge in [-0.15, -0.1) is 0 Å². The van der Waals surface area contributed by atoms with Gasteiger partial charge in [-0.25, -0.2) is 0 Å². The zero-order chi connectivity index (χ0) is 9.42. The predicted molar refractivity (Wildman–Crippen MR) is 48.8 cm³/mol. The van der Waals surface area contributed by atoms with Crippen LogP contribution in [-0.4, -0.2) is 5.78 Å². The number of hydrogen-bond acceptors (Lipinski definition) is 2. The first-order valence-electron chi connectivity index (χ1n) is 3.98. The van der Waals surface area contributed by atoms with Crippen LogP contribution in [0.15, 0.2) is 12.1 Å². The Morgan fingerprint density at radius 1 is 1.38 bits per heavy atom. The smallest absolute Gasteiger partial charge is 0.163 e. The number of rotatable bonds is 0. The minimum absolute atomic E-state index is 0.0917. The molecule has 0 saturated heterocycles. The van der Waals surface area contributed by atoms with Crippen molar-refractivity contribution in [3.05, 3.63) is 33.8 Å². The van der Waals surface area contributed by atoms with Gasteiger partial charge >= 0.3 is 0 Å². The molecule has 0 radical (unpaired) electrons. The summed E-state index contributed by atoms with van der Waals surface area (Å²) < 4.78 is 0. The molecule has 64 valence electrons. The van der Waals surface area contributed by atoms with Crippen molar-refractivity contribution < 1.29 is 4.79 Å². The van der Waals surface area contributed by atoms with Gasteiger partial charge < -0.3 is 0 Å². The van der Waals surface area contributed by atoms with Gasteiger partial charge in [-0.3, -0.25) is 4.79 Å². The highest BCUT2D eigenvalue weighted by molar-refractivity contribution is 6.31. The molecule has 1 aliphatic rings. The quantitative estimate of drug-likeness (QED) is 0.632. The second-order valence-corrected chi connectivity index (χ2v) is 3.45. The summed E-state index contributed by atoms with van der Waals surface area (Å²) in [5, 5.41) is 9.26. The SMILES string of the molecule is N#Cc1cc(Cl)cc2c1CCC2=O. The van der Waals surface area contributed by atoms with Gasteiger partial charge in [-0.1, -0.05) is 11.6 Å². The van der Waals surface area contributed by atoms with Crippen LogP contribution in [0.4, 0.5) is 0 Å². The van der Waals surface area contributed by atoms with Crippen molar-refractivity contribution in [1.29, 1.82) is 5.26 Å². The van der Waals surface area contributed by atoms with E-state index < -0.39 is 0 Å². The highest BCUT2D eigenvalue weighted by Gasteiger charge is 2.22. The highest BCUT2D eigenvalue weighted by Crippen LogP contribution is 2.28. The summed E-state index contributed by atoms with van der Waals surface area (Å²) in [7, 11) is 0. The number of fused-ring (bicyclic) bond motifs is 1. The van der Waals surface area contributed by atoms with E-state index in [0.717, 1.165) is 5.56 Å². The molecule has 13 heavy (non-hydrogen) atoms. The van der Waals surface area contributed by atoms with Crippen LogP contribution in [0.1, 0.15) is 27.9 Å². The monoisotopic (exact) mass is 191 g/mol. The fraction of sp³-hybridized carbons (Fsp3) is 0.200. The Morgan fingerprint density at radius 2 is 2.15 bits per heavy atom. The van der Waals surface area contributed by atoms with Crippen molar-refractivity contribution in [3.8, 4) is 6.07 Å². The van der Waals surface area contributed by atoms with Crippen LogP contribution < -0.4 is 0 Å². The van der Waals surface area contributed by atoms with Crippen molar-refractivity contribution in [3.63, 3.8) is 0 Å². The van der Waals surface area contributed by atoms with Crippen LogP contribution in [0.3, 0.4) is 0 Å². The molecule has 0 fully saturated rings. The summed E-state index contributed by atoms with van der Waals surface area (Å²) >= 11 is 5.77. The van der Waals surface area contributed by atoms with E-state index in [1.165, 1.54) is 0 Å². The van der Waals surface area contributed by atoms with E-state index in [1.54, 1.807) is 12.1 Å². The average Bonchev–Trinajstić information content (AvgIpc) is 2.47. The summed E-state index contributed by atoms with van der Waals surface area (Å²) in [5.74, 6) is 0.0917. The molecular weight excluding hydrogens is 186 g/mol. The number of nitrogens with zero attached hydrogens (tertiary/aromatic N) is 1. The Balaban J connectivity index is 2.72. The minimum Gasteiger partial charge on any atom is -0.294 e. The van der Waals surface area contributed by atoms with Crippen LogP contribution in [-0.2, 0) is 6.42 Å². The molecule has 0 atom stereocenters. The summed E-state index contributed by atoms with van der Waals surface area (Å²) in [5.41, 5.74) is 2.02. The molecule has 0 N–H and O–H groups in total. The summed E-state index contributed by atoms with van der Waals surface area (Å²) in [4.78, 5) is 11.3. The molecule has 0 spiro atoms. The molecule has 0 aliphatic heterocycles. The molecule has 0 heterocycles. The number of carbonyl (C=O) groups is 1. The van der Waals surface area contributed by atoms with Gasteiger partial charge in [0.05, 0.1) is 11.6 Å². The lowest BCUT2D eigenvalue weighted by atomic mass is 10.0. The Kier molecular flexibility index (Phi) is 1.82. The topological polar surface area (TPSA) is 40.9 Å². The maximum atomic E-state index is 11.3. The van der Waals surface area contributed by atoms with Crippen molar-refractivity contribution >= 4 is 17.4 Å². The van der Waals surface area contributed by atoms with Gasteiger partial charge in [-0.2, -0.15) is 5.26 Å². The second-order valence-electron chi connectivity index (χ2n) is 3.01. The van der Waals surface area contributed by atoms with Crippen LogP contribution in [0.5, 0.6) is 0 Å². The van der Waals surface area contributed by atoms with Gasteiger partial charge in [-0.05, 0) is 24.1 Å². The van der Waals surface area contributed by atoms with E-state index in [-0.39, 0.29) is 5.78 Å². The Bertz CT molecular complexity index is 431. The zero-order valence-corrected chi connectivity index (χ0v) is 7.56. The number of ketones is 1. The molecule has 0 saturated carbocycles. The molecule has 1 aromatic rings. The molecule has 0 aromatic heterocycles. The largest absolute Gasteiger partial charge is 0.294 e. The van der Waals surface area contributed by atoms with Crippen molar-refractivity contribution in [2.24, 2.45) is 0 Å². The van der Waals surface area contributed by atoms with Gasteiger partial charge in [0.1, 0.15) is 0 Å². The maximum absolute atomic E-state index is 11.3. The van der Waals surface area contributed by atoms with Crippen LogP contribution in [0.25, 0.3) is 0 Å². The van der Waals surface area contributed by atoms with Crippen LogP contribution >= 0.6 is 11.6 Å². The highest BCUT2D eigenvalue weighted by atomic mass is 35.5. The molecule has 2 rings (SSSR count). The van der Waals surface area contributed by atoms with E-state index in [0.29, 0.717) is 29.0 Å². The maximum Gasteiger partial charge on any atom is 0.163 e. The van der Waals surface area contributed by atoms with Gasteiger partial charge in [0.2, 0.25) is 0 Å². The second kappa shape index (κ2) is 2.86. The third kappa shape index (κ3) is 1.22. The first kappa shape index (κ1) is 8.28. The predicted octanol–water partition coefficient (Wildman–Crippen LogP) is 2.34. The van der Waals surface area contributed by atoms with Crippen molar-refractivity contribution in [1.82, 2.24) is 0 Å². The van der Waals surface area contributed by atoms with E-state index >= 15 is 0 Å². The van der Waals surface area contributed by atoms with Gasteiger partial charge in [0.15, 0.2) is 5.78 Å². The van der Waals surface area contributed by atoms with E-state index in [1.807, 2.05) is 0 Å².